The van der Waals surface area contributed by atoms with E-state index in [1.165, 1.54) is 25.4 Å². The number of hydrogen-bond donors (Lipinski definition) is 1. The van der Waals surface area contributed by atoms with Gasteiger partial charge in [-0.05, 0) is 46.3 Å². The van der Waals surface area contributed by atoms with Crippen LogP contribution < -0.4 is 10.1 Å². The predicted octanol–water partition coefficient (Wildman–Crippen LogP) is 3.24. The molecule has 1 N–H and O–H groups in total. The summed E-state index contributed by atoms with van der Waals surface area (Å²) in [6, 6.07) is 7.68. The lowest BCUT2D eigenvalue weighted by Gasteiger charge is -2.08. The zero-order chi connectivity index (χ0) is 13.8. The van der Waals surface area contributed by atoms with Crippen LogP contribution in [-0.2, 0) is 0 Å². The third-order valence-corrected chi connectivity index (χ3v) is 3.09. The largest absolute Gasteiger partial charge is 0.497 e. The maximum atomic E-state index is 12.7. The molecule has 0 saturated carbocycles. The number of pyridine rings is 1. The maximum absolute atomic E-state index is 12.7. The Bertz CT molecular complexity index is 602. The molecule has 19 heavy (non-hydrogen) atoms. The van der Waals surface area contributed by atoms with Crippen molar-refractivity contribution >= 4 is 27.5 Å². The van der Waals surface area contributed by atoms with Gasteiger partial charge in [0.05, 0.1) is 24.6 Å². The van der Waals surface area contributed by atoms with E-state index in [1.807, 2.05) is 0 Å². The van der Waals surface area contributed by atoms with Gasteiger partial charge in [0.1, 0.15) is 5.75 Å². The van der Waals surface area contributed by atoms with E-state index in [9.17, 15) is 9.18 Å². The average Bonchev–Trinajstić information content (AvgIpc) is 2.42. The van der Waals surface area contributed by atoms with Crippen molar-refractivity contribution in [2.45, 2.75) is 0 Å². The Balaban J connectivity index is 2.22. The molecule has 0 aliphatic rings. The van der Waals surface area contributed by atoms with Crippen LogP contribution in [-0.4, -0.2) is 18.0 Å². The van der Waals surface area contributed by atoms with Crippen LogP contribution in [0.25, 0.3) is 0 Å². The van der Waals surface area contributed by atoms with Crippen molar-refractivity contribution in [1.29, 1.82) is 0 Å². The van der Waals surface area contributed by atoms with Gasteiger partial charge in [-0.25, -0.2) is 4.98 Å². The van der Waals surface area contributed by atoms with Crippen molar-refractivity contribution in [3.63, 3.8) is 0 Å². The SMILES string of the molecule is COc1ccc(Br)c(C(=O)Nc2ccc(F)nc2)c1. The quantitative estimate of drug-likeness (QED) is 0.882. The first-order valence-electron chi connectivity index (χ1n) is 5.36. The van der Waals surface area contributed by atoms with E-state index in [1.54, 1.807) is 18.2 Å². The highest BCUT2D eigenvalue weighted by molar-refractivity contribution is 9.10. The van der Waals surface area contributed by atoms with Gasteiger partial charge in [-0.3, -0.25) is 4.79 Å². The number of carbonyl (C=O) groups excluding carboxylic acids is 1. The van der Waals surface area contributed by atoms with Gasteiger partial charge >= 0.3 is 0 Å². The fraction of sp³-hybridized carbons (Fsp3) is 0.0769. The molecule has 1 aromatic heterocycles. The zero-order valence-corrected chi connectivity index (χ0v) is 11.6. The van der Waals surface area contributed by atoms with E-state index in [0.717, 1.165) is 0 Å². The fourth-order valence-electron chi connectivity index (χ4n) is 1.45. The molecular weight excluding hydrogens is 315 g/mol. The molecule has 1 aromatic carbocycles. The number of amides is 1. The topological polar surface area (TPSA) is 51.2 Å². The molecule has 0 bridgehead atoms. The van der Waals surface area contributed by atoms with Crippen LogP contribution in [0.5, 0.6) is 5.75 Å². The van der Waals surface area contributed by atoms with E-state index < -0.39 is 5.95 Å². The first kappa shape index (κ1) is 13.5. The summed E-state index contributed by atoms with van der Waals surface area (Å²) in [6.45, 7) is 0. The van der Waals surface area contributed by atoms with Gasteiger partial charge in [0.2, 0.25) is 5.95 Å². The van der Waals surface area contributed by atoms with Gasteiger partial charge in [-0.1, -0.05) is 0 Å². The number of hydrogen-bond acceptors (Lipinski definition) is 3. The van der Waals surface area contributed by atoms with E-state index in [0.29, 0.717) is 21.5 Å². The Morgan fingerprint density at radius 2 is 2.16 bits per heavy atom. The standard InChI is InChI=1S/C13H10BrFN2O2/c1-19-9-3-4-11(14)10(6-9)13(18)17-8-2-5-12(15)16-7-8/h2-7H,1H3,(H,17,18). The van der Waals surface area contributed by atoms with Gasteiger partial charge in [0.15, 0.2) is 0 Å². The number of methoxy groups -OCH3 is 1. The van der Waals surface area contributed by atoms with Gasteiger partial charge in [-0.2, -0.15) is 4.39 Å². The van der Waals surface area contributed by atoms with Crippen molar-refractivity contribution in [1.82, 2.24) is 4.98 Å². The number of aromatic nitrogens is 1. The Kier molecular flexibility index (Phi) is 4.11. The highest BCUT2D eigenvalue weighted by atomic mass is 79.9. The lowest BCUT2D eigenvalue weighted by Crippen LogP contribution is -2.13. The summed E-state index contributed by atoms with van der Waals surface area (Å²) in [5, 5.41) is 2.62. The summed E-state index contributed by atoms with van der Waals surface area (Å²) >= 11 is 3.29. The molecule has 2 aromatic rings. The van der Waals surface area contributed by atoms with Crippen molar-refractivity contribution in [2.24, 2.45) is 0 Å². The predicted molar refractivity (Wildman–Crippen MR) is 72.8 cm³/mol. The smallest absolute Gasteiger partial charge is 0.256 e. The molecule has 0 fully saturated rings. The van der Waals surface area contributed by atoms with Crippen LogP contribution in [0.2, 0.25) is 0 Å². The van der Waals surface area contributed by atoms with Crippen molar-refractivity contribution < 1.29 is 13.9 Å². The second kappa shape index (κ2) is 5.79. The molecule has 0 aliphatic heterocycles. The number of nitrogens with one attached hydrogen (secondary N) is 1. The lowest BCUT2D eigenvalue weighted by molar-refractivity contribution is 0.102. The summed E-state index contributed by atoms with van der Waals surface area (Å²) in [7, 11) is 1.52. The van der Waals surface area contributed by atoms with Crippen molar-refractivity contribution in [3.8, 4) is 5.75 Å². The fourth-order valence-corrected chi connectivity index (χ4v) is 1.88. The molecular formula is C13H10BrFN2O2. The minimum absolute atomic E-state index is 0.334. The highest BCUT2D eigenvalue weighted by Gasteiger charge is 2.11. The van der Waals surface area contributed by atoms with Gasteiger partial charge in [0, 0.05) is 4.47 Å². The van der Waals surface area contributed by atoms with Crippen LogP contribution in [0.3, 0.4) is 0 Å². The third-order valence-electron chi connectivity index (χ3n) is 2.40. The van der Waals surface area contributed by atoms with E-state index >= 15 is 0 Å². The average molecular weight is 325 g/mol. The molecule has 0 saturated heterocycles. The second-order valence-corrected chi connectivity index (χ2v) is 4.52. The molecule has 1 heterocycles. The van der Waals surface area contributed by atoms with Crippen LogP contribution in [0.1, 0.15) is 10.4 Å². The number of halogens is 2. The minimum atomic E-state index is -0.597. The molecule has 0 spiro atoms. The third kappa shape index (κ3) is 3.29. The Labute approximate surface area is 117 Å². The van der Waals surface area contributed by atoms with E-state index in [-0.39, 0.29) is 5.91 Å². The number of ether oxygens (including phenoxy) is 1. The summed E-state index contributed by atoms with van der Waals surface area (Å²) < 4.78 is 18.4. The molecule has 0 unspecified atom stereocenters. The summed E-state index contributed by atoms with van der Waals surface area (Å²) in [6.07, 6.45) is 1.25. The monoisotopic (exact) mass is 324 g/mol. The zero-order valence-electron chi connectivity index (χ0n) is 9.98. The number of carbonyl (C=O) groups is 1. The molecule has 0 aliphatic carbocycles. The molecule has 1 amide bonds. The first-order chi connectivity index (χ1) is 9.10. The lowest BCUT2D eigenvalue weighted by atomic mass is 10.2. The van der Waals surface area contributed by atoms with Crippen molar-refractivity contribution in [2.75, 3.05) is 12.4 Å². The van der Waals surface area contributed by atoms with Crippen LogP contribution in [0, 0.1) is 5.95 Å². The molecule has 0 atom stereocenters. The summed E-state index contributed by atoms with van der Waals surface area (Å²) in [5.74, 6) is -0.356. The van der Waals surface area contributed by atoms with Gasteiger partial charge in [-0.15, -0.1) is 0 Å². The second-order valence-electron chi connectivity index (χ2n) is 3.67. The molecule has 98 valence electrons. The Morgan fingerprint density at radius 3 is 2.79 bits per heavy atom. The number of rotatable bonds is 3. The minimum Gasteiger partial charge on any atom is -0.497 e. The van der Waals surface area contributed by atoms with Gasteiger partial charge in [0.25, 0.3) is 5.91 Å². The number of nitrogens with zero attached hydrogens (tertiary/aromatic N) is 1. The maximum Gasteiger partial charge on any atom is 0.256 e. The number of anilines is 1. The highest BCUT2D eigenvalue weighted by Crippen LogP contribution is 2.23. The molecule has 6 heteroatoms. The van der Waals surface area contributed by atoms with Crippen LogP contribution in [0.15, 0.2) is 41.0 Å². The molecule has 0 radical (unpaired) electrons. The number of benzene rings is 1. The summed E-state index contributed by atoms with van der Waals surface area (Å²) in [4.78, 5) is 15.5. The normalized spacial score (nSPS) is 10.1. The molecule has 4 nitrogen and oxygen atoms in total. The summed E-state index contributed by atoms with van der Waals surface area (Å²) in [5.41, 5.74) is 0.838. The van der Waals surface area contributed by atoms with E-state index in [2.05, 4.69) is 26.2 Å². The first-order valence-corrected chi connectivity index (χ1v) is 6.16. The van der Waals surface area contributed by atoms with Crippen LogP contribution in [0.4, 0.5) is 10.1 Å². The Morgan fingerprint density at radius 1 is 1.37 bits per heavy atom. The molecule has 2 rings (SSSR count). The van der Waals surface area contributed by atoms with Crippen molar-refractivity contribution in [3.05, 3.63) is 52.5 Å². The van der Waals surface area contributed by atoms with Crippen LogP contribution >= 0.6 is 15.9 Å². The Hall–Kier alpha value is -1.95. The van der Waals surface area contributed by atoms with E-state index in [4.69, 9.17) is 4.74 Å². The van der Waals surface area contributed by atoms with Gasteiger partial charge < -0.3 is 10.1 Å².